The van der Waals surface area contributed by atoms with Gasteiger partial charge in [0.25, 0.3) is 5.89 Å². The second-order valence-corrected chi connectivity index (χ2v) is 4.97. The van der Waals surface area contributed by atoms with Crippen LogP contribution in [-0.4, -0.2) is 33.3 Å². The predicted octanol–water partition coefficient (Wildman–Crippen LogP) is 2.15. The summed E-state index contributed by atoms with van der Waals surface area (Å²) in [4.78, 5) is 13.1. The Morgan fingerprint density at radius 2 is 2.21 bits per heavy atom. The lowest BCUT2D eigenvalue weighted by Gasteiger charge is -2.02. The molecule has 1 aliphatic heterocycles. The molecular weight excluding hydrogens is 244 g/mol. The van der Waals surface area contributed by atoms with E-state index in [0.29, 0.717) is 24.0 Å². The number of aromatic nitrogens is 4. The van der Waals surface area contributed by atoms with Crippen LogP contribution in [0.25, 0.3) is 11.6 Å². The van der Waals surface area contributed by atoms with Crippen LogP contribution >= 0.6 is 0 Å². The van der Waals surface area contributed by atoms with Gasteiger partial charge in [-0.15, -0.1) is 0 Å². The zero-order valence-electron chi connectivity index (χ0n) is 11.0. The van der Waals surface area contributed by atoms with Crippen molar-refractivity contribution in [1.29, 1.82) is 0 Å². The number of hydrogen-bond donors (Lipinski definition) is 0. The van der Waals surface area contributed by atoms with Crippen LogP contribution in [0.1, 0.15) is 43.8 Å². The molecule has 0 saturated carbocycles. The van der Waals surface area contributed by atoms with Gasteiger partial charge in [0.1, 0.15) is 11.5 Å². The van der Waals surface area contributed by atoms with E-state index in [-0.39, 0.29) is 11.8 Å². The van der Waals surface area contributed by atoms with E-state index in [9.17, 15) is 0 Å². The molecule has 1 saturated heterocycles. The quantitative estimate of drug-likeness (QED) is 0.841. The second-order valence-electron chi connectivity index (χ2n) is 4.97. The average molecular weight is 260 g/mol. The van der Waals surface area contributed by atoms with E-state index in [4.69, 9.17) is 9.26 Å². The van der Waals surface area contributed by atoms with E-state index in [0.717, 1.165) is 18.9 Å². The van der Waals surface area contributed by atoms with Crippen LogP contribution < -0.4 is 0 Å². The maximum Gasteiger partial charge on any atom is 0.276 e. The minimum atomic E-state index is 0.240. The summed E-state index contributed by atoms with van der Waals surface area (Å²) in [7, 11) is 0. The molecule has 0 aliphatic carbocycles. The maximum atomic E-state index is 5.33. The Hall–Kier alpha value is -1.82. The Bertz CT molecular complexity index is 561. The van der Waals surface area contributed by atoms with Gasteiger partial charge in [0.15, 0.2) is 5.82 Å². The molecule has 0 unspecified atom stereocenters. The first-order valence-electron chi connectivity index (χ1n) is 6.48. The molecule has 6 heteroatoms. The van der Waals surface area contributed by atoms with Crippen molar-refractivity contribution in [1.82, 2.24) is 20.1 Å². The number of nitrogens with zero attached hydrogens (tertiary/aromatic N) is 4. The van der Waals surface area contributed by atoms with Crippen LogP contribution in [-0.2, 0) is 4.74 Å². The first-order valence-corrected chi connectivity index (χ1v) is 6.48. The van der Waals surface area contributed by atoms with Crippen LogP contribution in [0, 0.1) is 0 Å². The summed E-state index contributed by atoms with van der Waals surface area (Å²) in [5, 5.41) is 4.02. The van der Waals surface area contributed by atoms with E-state index in [1.54, 1.807) is 12.3 Å². The molecule has 3 rings (SSSR count). The van der Waals surface area contributed by atoms with E-state index in [1.165, 1.54) is 0 Å². The molecule has 1 atom stereocenters. The monoisotopic (exact) mass is 260 g/mol. The van der Waals surface area contributed by atoms with E-state index in [1.807, 2.05) is 13.8 Å². The van der Waals surface area contributed by atoms with Crippen LogP contribution in [0.15, 0.2) is 16.8 Å². The van der Waals surface area contributed by atoms with E-state index >= 15 is 0 Å². The van der Waals surface area contributed by atoms with Gasteiger partial charge in [-0.1, -0.05) is 19.0 Å². The van der Waals surface area contributed by atoms with Crippen molar-refractivity contribution in [3.63, 3.8) is 0 Å². The third-order valence-electron chi connectivity index (χ3n) is 3.15. The highest BCUT2D eigenvalue weighted by Gasteiger charge is 2.23. The molecule has 0 aromatic carbocycles. The van der Waals surface area contributed by atoms with E-state index in [2.05, 4.69) is 20.1 Å². The summed E-state index contributed by atoms with van der Waals surface area (Å²) in [5.41, 5.74) is 0.677. The maximum absolute atomic E-state index is 5.33. The molecule has 0 amide bonds. The molecule has 0 radical (unpaired) electrons. The van der Waals surface area contributed by atoms with Gasteiger partial charge in [-0.05, 0) is 12.5 Å². The summed E-state index contributed by atoms with van der Waals surface area (Å²) >= 11 is 0. The minimum Gasteiger partial charge on any atom is -0.381 e. The lowest BCUT2D eigenvalue weighted by Crippen LogP contribution is -2.00. The zero-order valence-corrected chi connectivity index (χ0v) is 11.0. The van der Waals surface area contributed by atoms with Crippen molar-refractivity contribution in [2.75, 3.05) is 13.2 Å². The van der Waals surface area contributed by atoms with Gasteiger partial charge in [-0.3, -0.25) is 0 Å². The highest BCUT2D eigenvalue weighted by molar-refractivity contribution is 5.45. The summed E-state index contributed by atoms with van der Waals surface area (Å²) < 4.78 is 10.6. The Kier molecular flexibility index (Phi) is 3.25. The Labute approximate surface area is 111 Å². The Morgan fingerprint density at radius 3 is 2.95 bits per heavy atom. The molecule has 6 nitrogen and oxygen atoms in total. The molecule has 2 aromatic heterocycles. The van der Waals surface area contributed by atoms with Crippen molar-refractivity contribution >= 4 is 0 Å². The molecule has 19 heavy (non-hydrogen) atoms. The van der Waals surface area contributed by atoms with Crippen molar-refractivity contribution in [3.8, 4) is 11.6 Å². The summed E-state index contributed by atoms with van der Waals surface area (Å²) in [5.74, 6) is 2.44. The van der Waals surface area contributed by atoms with Crippen molar-refractivity contribution in [2.24, 2.45) is 0 Å². The highest BCUT2D eigenvalue weighted by Crippen LogP contribution is 2.25. The van der Waals surface area contributed by atoms with Gasteiger partial charge in [0.05, 0.1) is 6.61 Å². The minimum absolute atomic E-state index is 0.240. The largest absolute Gasteiger partial charge is 0.381 e. The number of rotatable bonds is 3. The summed E-state index contributed by atoms with van der Waals surface area (Å²) in [6.07, 6.45) is 2.67. The zero-order chi connectivity index (χ0) is 13.2. The molecule has 100 valence electrons. The number of hydrogen-bond acceptors (Lipinski definition) is 6. The van der Waals surface area contributed by atoms with Gasteiger partial charge in [-0.2, -0.15) is 4.98 Å². The second kappa shape index (κ2) is 5.05. The van der Waals surface area contributed by atoms with E-state index < -0.39 is 0 Å². The molecule has 0 bridgehead atoms. The van der Waals surface area contributed by atoms with Crippen molar-refractivity contribution < 1.29 is 9.26 Å². The van der Waals surface area contributed by atoms with Gasteiger partial charge < -0.3 is 9.26 Å². The lowest BCUT2D eigenvalue weighted by molar-refractivity contribution is 0.192. The molecule has 1 fully saturated rings. The third kappa shape index (κ3) is 2.49. The Balaban J connectivity index is 1.87. The summed E-state index contributed by atoms with van der Waals surface area (Å²) in [6, 6.07) is 1.79. The first-order chi connectivity index (χ1) is 9.24. The van der Waals surface area contributed by atoms with Gasteiger partial charge >= 0.3 is 0 Å². The van der Waals surface area contributed by atoms with Crippen molar-refractivity contribution in [3.05, 3.63) is 23.9 Å². The summed E-state index contributed by atoms with van der Waals surface area (Å²) in [6.45, 7) is 5.53. The predicted molar refractivity (Wildman–Crippen MR) is 67.6 cm³/mol. The number of ether oxygens (including phenoxy) is 1. The normalized spacial score (nSPS) is 19.2. The average Bonchev–Trinajstić information content (AvgIpc) is 3.09. The van der Waals surface area contributed by atoms with Crippen molar-refractivity contribution in [2.45, 2.75) is 32.1 Å². The van der Waals surface area contributed by atoms with Crippen LogP contribution in [0.3, 0.4) is 0 Å². The third-order valence-corrected chi connectivity index (χ3v) is 3.15. The molecule has 3 heterocycles. The molecule has 0 spiro atoms. The Morgan fingerprint density at radius 1 is 1.32 bits per heavy atom. The van der Waals surface area contributed by atoms with Gasteiger partial charge in [0, 0.05) is 24.6 Å². The molecule has 0 N–H and O–H groups in total. The van der Waals surface area contributed by atoms with Gasteiger partial charge in [-0.25, -0.2) is 9.97 Å². The standard InChI is InChI=1S/C13H16N4O2/c1-8(2)11-14-5-3-10(15-11)13-16-12(17-19-13)9-4-6-18-7-9/h3,5,8-9H,4,6-7H2,1-2H3/t9-/m0/s1. The molecular formula is C13H16N4O2. The SMILES string of the molecule is CC(C)c1nccc(-c2nc([C@H]3CCOC3)no2)n1. The lowest BCUT2D eigenvalue weighted by atomic mass is 10.1. The van der Waals surface area contributed by atoms with Crippen LogP contribution in [0.4, 0.5) is 0 Å². The topological polar surface area (TPSA) is 73.9 Å². The van der Waals surface area contributed by atoms with Crippen LogP contribution in [0.2, 0.25) is 0 Å². The fraction of sp³-hybridized carbons (Fsp3) is 0.538. The molecule has 1 aliphatic rings. The van der Waals surface area contributed by atoms with Gasteiger partial charge in [0.2, 0.25) is 0 Å². The highest BCUT2D eigenvalue weighted by atomic mass is 16.5. The fourth-order valence-corrected chi connectivity index (χ4v) is 2.01. The molecule has 2 aromatic rings. The fourth-order valence-electron chi connectivity index (χ4n) is 2.01. The first kappa shape index (κ1) is 12.2. The smallest absolute Gasteiger partial charge is 0.276 e. The van der Waals surface area contributed by atoms with Crippen LogP contribution in [0.5, 0.6) is 0 Å².